The molecule has 1 aliphatic rings. The predicted octanol–water partition coefficient (Wildman–Crippen LogP) is 1.92. The van der Waals surface area contributed by atoms with Crippen molar-refractivity contribution in [1.82, 2.24) is 5.43 Å². The number of benzene rings is 1. The normalized spacial score (nSPS) is 19.4. The maximum atomic E-state index is 13.8. The Morgan fingerprint density at radius 1 is 1.38 bits per heavy atom. The minimum Gasteiger partial charge on any atom is -0.381 e. The minimum atomic E-state index is -0.513. The Bertz CT molecular complexity index is 459. The van der Waals surface area contributed by atoms with Gasteiger partial charge in [-0.25, -0.2) is 8.78 Å². The van der Waals surface area contributed by atoms with Crippen LogP contribution >= 0.6 is 0 Å². The lowest BCUT2D eigenvalue weighted by Gasteiger charge is -2.42. The number of halogens is 2. The van der Waals surface area contributed by atoms with Gasteiger partial charge < -0.3 is 9.47 Å². The summed E-state index contributed by atoms with van der Waals surface area (Å²) in [7, 11) is 0. The van der Waals surface area contributed by atoms with E-state index in [2.05, 4.69) is 5.43 Å². The van der Waals surface area contributed by atoms with Crippen LogP contribution in [-0.4, -0.2) is 31.5 Å². The summed E-state index contributed by atoms with van der Waals surface area (Å²) in [5, 5.41) is 0. The molecule has 0 aromatic heterocycles. The summed E-state index contributed by atoms with van der Waals surface area (Å²) in [4.78, 5) is 0. The number of rotatable bonds is 6. The van der Waals surface area contributed by atoms with Gasteiger partial charge in [0.25, 0.3) is 0 Å². The Labute approximate surface area is 123 Å². The number of hydrogen-bond acceptors (Lipinski definition) is 4. The second kappa shape index (κ2) is 7.26. The third-order valence-electron chi connectivity index (χ3n) is 4.04. The molecule has 0 aliphatic carbocycles. The molecule has 0 bridgehead atoms. The largest absolute Gasteiger partial charge is 0.381 e. The van der Waals surface area contributed by atoms with Gasteiger partial charge in [0, 0.05) is 32.7 Å². The molecule has 118 valence electrons. The molecule has 4 nitrogen and oxygen atoms in total. The maximum Gasteiger partial charge on any atom is 0.126 e. The number of hydrogen-bond donors (Lipinski definition) is 2. The van der Waals surface area contributed by atoms with E-state index in [1.807, 2.05) is 6.92 Å². The first-order chi connectivity index (χ1) is 10.1. The summed E-state index contributed by atoms with van der Waals surface area (Å²) >= 11 is 0. The van der Waals surface area contributed by atoms with Crippen LogP contribution in [0.2, 0.25) is 0 Å². The molecule has 1 heterocycles. The van der Waals surface area contributed by atoms with Crippen molar-refractivity contribution < 1.29 is 18.3 Å². The fraction of sp³-hybridized carbons (Fsp3) is 0.600. The van der Waals surface area contributed by atoms with E-state index >= 15 is 0 Å². The van der Waals surface area contributed by atoms with Crippen molar-refractivity contribution in [3.63, 3.8) is 0 Å². The van der Waals surface area contributed by atoms with E-state index in [4.69, 9.17) is 15.3 Å². The maximum absolute atomic E-state index is 13.8. The highest BCUT2D eigenvalue weighted by Crippen LogP contribution is 2.31. The number of nitrogens with one attached hydrogen (secondary N) is 1. The van der Waals surface area contributed by atoms with Gasteiger partial charge in [-0.1, -0.05) is 0 Å². The molecule has 21 heavy (non-hydrogen) atoms. The van der Waals surface area contributed by atoms with Crippen LogP contribution in [0.25, 0.3) is 0 Å². The summed E-state index contributed by atoms with van der Waals surface area (Å²) in [6.07, 6.45) is 1.61. The van der Waals surface area contributed by atoms with Crippen molar-refractivity contribution in [2.75, 3.05) is 19.8 Å². The standard InChI is InChI=1S/C15H22F2N2O2/c1-2-21-15(5-7-20-8-6-15)14(19-18)10-11-9-12(16)3-4-13(11)17/h3-4,9,14,19H,2,5-8,10,18H2,1H3. The monoisotopic (exact) mass is 300 g/mol. The smallest absolute Gasteiger partial charge is 0.126 e. The topological polar surface area (TPSA) is 56.5 Å². The molecule has 1 aliphatic heterocycles. The van der Waals surface area contributed by atoms with Crippen LogP contribution in [0, 0.1) is 11.6 Å². The summed E-state index contributed by atoms with van der Waals surface area (Å²) in [5.74, 6) is 4.77. The first kappa shape index (κ1) is 16.3. The van der Waals surface area contributed by atoms with E-state index in [-0.39, 0.29) is 12.5 Å². The molecule has 1 atom stereocenters. The molecule has 6 heteroatoms. The Hall–Kier alpha value is -1.08. The van der Waals surface area contributed by atoms with Gasteiger partial charge in [0.1, 0.15) is 11.6 Å². The van der Waals surface area contributed by atoms with E-state index in [1.54, 1.807) is 0 Å². The molecule has 1 fully saturated rings. The van der Waals surface area contributed by atoms with Gasteiger partial charge in [-0.2, -0.15) is 0 Å². The van der Waals surface area contributed by atoms with E-state index in [1.165, 1.54) is 6.07 Å². The summed E-state index contributed by atoms with van der Waals surface area (Å²) in [5.41, 5.74) is 2.50. The van der Waals surface area contributed by atoms with Crippen molar-refractivity contribution in [3.05, 3.63) is 35.4 Å². The summed E-state index contributed by atoms with van der Waals surface area (Å²) < 4.78 is 38.5. The second-order valence-corrected chi connectivity index (χ2v) is 5.27. The fourth-order valence-electron chi connectivity index (χ4n) is 2.91. The van der Waals surface area contributed by atoms with E-state index in [9.17, 15) is 8.78 Å². The zero-order valence-corrected chi connectivity index (χ0v) is 12.2. The minimum absolute atomic E-state index is 0.264. The van der Waals surface area contributed by atoms with Crippen LogP contribution < -0.4 is 11.3 Å². The molecule has 0 radical (unpaired) electrons. The van der Waals surface area contributed by atoms with Crippen LogP contribution in [0.1, 0.15) is 25.3 Å². The Morgan fingerprint density at radius 2 is 2.10 bits per heavy atom. The van der Waals surface area contributed by atoms with Gasteiger partial charge in [-0.3, -0.25) is 11.3 Å². The van der Waals surface area contributed by atoms with E-state index in [0.29, 0.717) is 38.2 Å². The van der Waals surface area contributed by atoms with Crippen molar-refractivity contribution in [1.29, 1.82) is 0 Å². The first-order valence-corrected chi connectivity index (χ1v) is 7.23. The van der Waals surface area contributed by atoms with E-state index < -0.39 is 17.2 Å². The summed E-state index contributed by atoms with van der Waals surface area (Å²) in [6.45, 7) is 3.59. The molecular formula is C15H22F2N2O2. The molecule has 1 aromatic rings. The van der Waals surface area contributed by atoms with Crippen LogP contribution in [0.15, 0.2) is 18.2 Å². The molecule has 0 spiro atoms. The van der Waals surface area contributed by atoms with Gasteiger partial charge >= 0.3 is 0 Å². The zero-order valence-electron chi connectivity index (χ0n) is 12.2. The van der Waals surface area contributed by atoms with Gasteiger partial charge in [0.2, 0.25) is 0 Å². The van der Waals surface area contributed by atoms with E-state index in [0.717, 1.165) is 12.1 Å². The average molecular weight is 300 g/mol. The van der Waals surface area contributed by atoms with Gasteiger partial charge in [0.05, 0.1) is 11.6 Å². The Kier molecular flexibility index (Phi) is 5.64. The number of hydrazine groups is 1. The highest BCUT2D eigenvalue weighted by molar-refractivity contribution is 5.21. The third kappa shape index (κ3) is 3.77. The third-order valence-corrected chi connectivity index (χ3v) is 4.04. The van der Waals surface area contributed by atoms with Crippen molar-refractivity contribution in [2.45, 2.75) is 37.8 Å². The second-order valence-electron chi connectivity index (χ2n) is 5.27. The summed E-state index contributed by atoms with van der Waals surface area (Å²) in [6, 6.07) is 3.14. The van der Waals surface area contributed by atoms with Crippen LogP contribution in [-0.2, 0) is 15.9 Å². The van der Waals surface area contributed by atoms with Gasteiger partial charge in [0.15, 0.2) is 0 Å². The molecule has 1 saturated heterocycles. The lowest BCUT2D eigenvalue weighted by atomic mass is 9.83. The number of ether oxygens (including phenoxy) is 2. The Balaban J connectivity index is 2.22. The van der Waals surface area contributed by atoms with Crippen molar-refractivity contribution in [2.24, 2.45) is 5.84 Å². The lowest BCUT2D eigenvalue weighted by molar-refractivity contribution is -0.126. The molecule has 3 N–H and O–H groups in total. The van der Waals surface area contributed by atoms with Crippen LogP contribution in [0.5, 0.6) is 0 Å². The molecule has 2 rings (SSSR count). The van der Waals surface area contributed by atoms with Gasteiger partial charge in [-0.15, -0.1) is 0 Å². The lowest BCUT2D eigenvalue weighted by Crippen LogP contribution is -2.58. The molecular weight excluding hydrogens is 278 g/mol. The van der Waals surface area contributed by atoms with Crippen LogP contribution in [0.4, 0.5) is 8.78 Å². The zero-order chi connectivity index (χ0) is 15.3. The highest BCUT2D eigenvalue weighted by Gasteiger charge is 2.41. The SMILES string of the molecule is CCOC1(C(Cc2cc(F)ccc2F)NN)CCOCC1. The molecule has 0 saturated carbocycles. The van der Waals surface area contributed by atoms with Crippen molar-refractivity contribution >= 4 is 0 Å². The quantitative estimate of drug-likeness (QED) is 0.622. The highest BCUT2D eigenvalue weighted by atomic mass is 19.1. The fourth-order valence-corrected chi connectivity index (χ4v) is 2.91. The Morgan fingerprint density at radius 3 is 2.71 bits per heavy atom. The van der Waals surface area contributed by atoms with Crippen molar-refractivity contribution in [3.8, 4) is 0 Å². The van der Waals surface area contributed by atoms with Gasteiger partial charge in [-0.05, 0) is 37.1 Å². The predicted molar refractivity (Wildman–Crippen MR) is 75.6 cm³/mol. The average Bonchev–Trinajstić information content (AvgIpc) is 2.49. The first-order valence-electron chi connectivity index (χ1n) is 7.23. The van der Waals surface area contributed by atoms with Crippen LogP contribution in [0.3, 0.4) is 0 Å². The molecule has 0 amide bonds. The number of nitrogens with two attached hydrogens (primary N) is 1. The molecule has 1 aromatic carbocycles. The molecule has 1 unspecified atom stereocenters.